The number of carbonyl (C=O) groups excluding carboxylic acids is 15. The number of β-amino-alcohol motifs (C(OH)–C–C–N with tert-alkyl or cyclic N) is 4. The summed E-state index contributed by atoms with van der Waals surface area (Å²) >= 11 is 0. The fourth-order valence-electron chi connectivity index (χ4n) is 14.6. The molecule has 648 valence electrons. The first-order chi connectivity index (χ1) is 55.3. The standard InChI is InChI=1S/C78H121N19O20/c1-9-11-12-19-25-52(66(80)106)87-73(113)64(45(7)98)91-68(108)54(30-42(3)4)89-72(112)63(43(5)10-2)90-61(104)37-85-71(111)65(47-23-17-14-18-24-47)92-67(107)44(6)86-69(109)56-32-49(100)38-95(56)76(116)58(35-60(79)103)93(8)62(105)41-94(29-27-46-21-15-13-16-22-46)74(114)53(26-20-28-83-78(81)82)88-70(110)57-33-50(101)39-96(57)77(117)59-34-51(102)40-97(59)75(115)55-31-48(99)36-84-55/h13-18,21-24,42-45,48-59,63-65,84,98-102H,9-12,19-20,25-41H2,1-8H3,(H2,79,103)(H2,80,106)(H,85,111)(H,86,109)(H,87,113)(H,88,110)(H,89,112)(H,90,104)(H,91,108)(H,92,107)(H4,81,82,83)/t43-,44-,45+,48+,49+,50+,51+,52-,53-,54-,55-,56-,57-,58-,59?,63-,64-,65-/m0/s1. The molecule has 0 aliphatic carbocycles. The minimum Gasteiger partial charge on any atom is -0.392 e. The van der Waals surface area contributed by atoms with Crippen LogP contribution in [0, 0.1) is 11.8 Å². The second-order valence-corrected chi connectivity index (χ2v) is 31.2. The summed E-state index contributed by atoms with van der Waals surface area (Å²) in [5.41, 5.74) is 23.5. The van der Waals surface area contributed by atoms with Crippen molar-refractivity contribution < 1.29 is 97.5 Å². The number of amides is 15. The normalized spacial score (nSPS) is 21.6. The van der Waals surface area contributed by atoms with E-state index in [-0.39, 0.29) is 102 Å². The summed E-state index contributed by atoms with van der Waals surface area (Å²) < 4.78 is 0. The number of nitrogens with zero attached hydrogens (tertiary/aromatic N) is 6. The Balaban J connectivity index is 1.14. The summed E-state index contributed by atoms with van der Waals surface area (Å²) in [5.74, 6) is -14.4. The molecule has 4 aliphatic heterocycles. The average molecular weight is 1640 g/mol. The zero-order valence-electron chi connectivity index (χ0n) is 67.9. The van der Waals surface area contributed by atoms with Gasteiger partial charge in [0.05, 0.1) is 56.1 Å². The van der Waals surface area contributed by atoms with E-state index < -0.39 is 230 Å². The van der Waals surface area contributed by atoms with Gasteiger partial charge in [0.15, 0.2) is 5.96 Å². The van der Waals surface area contributed by atoms with E-state index in [0.717, 1.165) is 45.9 Å². The molecule has 22 N–H and O–H groups in total. The van der Waals surface area contributed by atoms with E-state index in [1.807, 2.05) is 6.92 Å². The molecule has 6 rings (SSSR count). The summed E-state index contributed by atoms with van der Waals surface area (Å²) in [5, 5.41) is 77.2. The molecule has 4 saturated heterocycles. The number of hydrogen-bond donors (Lipinski definition) is 18. The van der Waals surface area contributed by atoms with Gasteiger partial charge in [-0.1, -0.05) is 127 Å². The van der Waals surface area contributed by atoms with Gasteiger partial charge in [0.2, 0.25) is 88.6 Å². The van der Waals surface area contributed by atoms with E-state index in [1.54, 1.807) is 76.2 Å². The molecule has 18 atom stereocenters. The van der Waals surface area contributed by atoms with Crippen LogP contribution in [0.15, 0.2) is 65.7 Å². The molecular weight excluding hydrogens is 1520 g/mol. The van der Waals surface area contributed by atoms with Crippen molar-refractivity contribution in [2.75, 3.05) is 59.4 Å². The van der Waals surface area contributed by atoms with Crippen LogP contribution in [-0.4, -0.2) is 301 Å². The molecule has 0 radical (unpaired) electrons. The van der Waals surface area contributed by atoms with Gasteiger partial charge in [-0.2, -0.15) is 0 Å². The highest BCUT2D eigenvalue weighted by molar-refractivity contribution is 6.01. The number of guanidine groups is 1. The van der Waals surface area contributed by atoms with Gasteiger partial charge in [0, 0.05) is 65.6 Å². The number of likely N-dealkylation sites (N-methyl/N-ethyl adjacent to an activating group) is 1. The van der Waals surface area contributed by atoms with E-state index in [0.29, 0.717) is 18.4 Å². The topological polar surface area (TPSA) is 598 Å². The van der Waals surface area contributed by atoms with Gasteiger partial charge in [-0.15, -0.1) is 0 Å². The van der Waals surface area contributed by atoms with Crippen molar-refractivity contribution >= 4 is 94.6 Å². The lowest BCUT2D eigenvalue weighted by Gasteiger charge is -2.35. The number of aliphatic imine (C=N–C) groups is 1. The Kier molecular flexibility index (Phi) is 37.4. The van der Waals surface area contributed by atoms with E-state index in [9.17, 15) is 92.7 Å². The van der Waals surface area contributed by atoms with Crippen molar-refractivity contribution in [2.24, 2.45) is 39.8 Å². The molecule has 2 aromatic carbocycles. The van der Waals surface area contributed by atoms with E-state index in [4.69, 9.17) is 22.9 Å². The molecule has 39 heteroatoms. The highest BCUT2D eigenvalue weighted by Crippen LogP contribution is 2.29. The summed E-state index contributed by atoms with van der Waals surface area (Å²) in [6.45, 7) is 8.64. The summed E-state index contributed by atoms with van der Waals surface area (Å²) in [6, 6.07) is -0.277. The third kappa shape index (κ3) is 28.4. The maximum absolute atomic E-state index is 15.2. The lowest BCUT2D eigenvalue weighted by atomic mass is 9.96. The molecule has 2 aromatic rings. The third-order valence-electron chi connectivity index (χ3n) is 21.3. The molecule has 4 fully saturated rings. The first-order valence-electron chi connectivity index (χ1n) is 40.0. The number of hydrogen-bond acceptors (Lipinski definition) is 22. The maximum atomic E-state index is 15.2. The number of aliphatic hydroxyl groups excluding tert-OH is 5. The van der Waals surface area contributed by atoms with Crippen LogP contribution in [0.2, 0.25) is 0 Å². The Labute approximate surface area is 680 Å². The summed E-state index contributed by atoms with van der Waals surface area (Å²) in [6.07, 6.45) is -4.00. The molecule has 0 aromatic heterocycles. The zero-order chi connectivity index (χ0) is 86.7. The molecule has 39 nitrogen and oxygen atoms in total. The van der Waals surface area contributed by atoms with E-state index in [1.165, 1.54) is 30.9 Å². The van der Waals surface area contributed by atoms with Gasteiger partial charge >= 0.3 is 0 Å². The molecule has 4 heterocycles. The number of primary amides is 2. The SMILES string of the molecule is CCCCCC[C@H](NC(=O)[C@@H](NC(=O)[C@H](CC(C)C)NC(=O)[C@@H](NC(=O)CNC(=O)[C@@H](NC(=O)[C@H](C)NC(=O)[C@@H]1C[C@@H](O)CN1C(=O)[C@H](CC(N)=O)N(C)C(=O)CN(CCc1ccccc1)C(=O)[C@H](CCCN=C(N)N)NC(=O)[C@@H]1C[C@@H](O)CN1C(=O)C1C[C@@H](O)CN1C(=O)[C@@H]1C[C@@H](O)CN1)c1ccccc1)[C@@H](C)CC)[C@@H](C)O)C(N)=O. The van der Waals surface area contributed by atoms with Gasteiger partial charge in [0.1, 0.15) is 66.5 Å². The van der Waals surface area contributed by atoms with Gasteiger partial charge < -0.3 is 121 Å². The van der Waals surface area contributed by atoms with Crippen LogP contribution in [0.4, 0.5) is 0 Å². The van der Waals surface area contributed by atoms with Crippen molar-refractivity contribution in [2.45, 2.75) is 248 Å². The van der Waals surface area contributed by atoms with Crippen molar-refractivity contribution in [3.63, 3.8) is 0 Å². The smallest absolute Gasteiger partial charge is 0.247 e. The second-order valence-electron chi connectivity index (χ2n) is 31.2. The van der Waals surface area contributed by atoms with Gasteiger partial charge in [0.25, 0.3) is 0 Å². The van der Waals surface area contributed by atoms with Crippen molar-refractivity contribution in [3.8, 4) is 0 Å². The number of carbonyl (C=O) groups is 15. The number of nitrogens with one attached hydrogen (secondary N) is 9. The Bertz CT molecular complexity index is 3800. The van der Waals surface area contributed by atoms with Crippen molar-refractivity contribution in [1.82, 2.24) is 72.4 Å². The number of nitrogens with two attached hydrogens (primary N) is 4. The first-order valence-corrected chi connectivity index (χ1v) is 40.0. The number of rotatable bonds is 44. The highest BCUT2D eigenvalue weighted by Gasteiger charge is 2.50. The van der Waals surface area contributed by atoms with Crippen LogP contribution < -0.4 is 70.8 Å². The van der Waals surface area contributed by atoms with E-state index >= 15 is 4.79 Å². The predicted molar refractivity (Wildman–Crippen MR) is 424 cm³/mol. The monoisotopic (exact) mass is 1640 g/mol. The third-order valence-corrected chi connectivity index (χ3v) is 21.3. The molecule has 15 amide bonds. The van der Waals surface area contributed by atoms with Crippen molar-refractivity contribution in [1.29, 1.82) is 0 Å². The van der Waals surface area contributed by atoms with Crippen LogP contribution in [0.25, 0.3) is 0 Å². The minimum absolute atomic E-state index is 0.0348. The van der Waals surface area contributed by atoms with Gasteiger partial charge in [-0.25, -0.2) is 0 Å². The fourth-order valence-corrected chi connectivity index (χ4v) is 14.6. The van der Waals surface area contributed by atoms with Gasteiger partial charge in [-0.3, -0.25) is 76.9 Å². The van der Waals surface area contributed by atoms with Crippen LogP contribution in [0.3, 0.4) is 0 Å². The quantitative estimate of drug-likeness (QED) is 0.0167. The largest absolute Gasteiger partial charge is 0.392 e. The molecular formula is C78H121N19O20. The number of aliphatic hydroxyl groups is 5. The molecule has 0 saturated carbocycles. The average Bonchev–Trinajstić information content (AvgIpc) is 1.65. The second kappa shape index (κ2) is 45.9. The Morgan fingerprint density at radius 3 is 1.74 bits per heavy atom. The van der Waals surface area contributed by atoms with Crippen LogP contribution >= 0.6 is 0 Å². The lowest BCUT2D eigenvalue weighted by molar-refractivity contribution is -0.151. The Hall–Kier alpha value is -10.5. The minimum atomic E-state index is -1.80. The van der Waals surface area contributed by atoms with Gasteiger partial charge in [-0.05, 0) is 75.3 Å². The number of benzene rings is 2. The van der Waals surface area contributed by atoms with Crippen LogP contribution in [0.5, 0.6) is 0 Å². The zero-order valence-corrected chi connectivity index (χ0v) is 67.9. The molecule has 0 bridgehead atoms. The Morgan fingerprint density at radius 2 is 1.16 bits per heavy atom. The molecule has 4 aliphatic rings. The number of unbranched alkanes of at least 4 members (excludes halogenated alkanes) is 3. The molecule has 1 unspecified atom stereocenters. The molecule has 0 spiro atoms. The van der Waals surface area contributed by atoms with Crippen molar-refractivity contribution in [3.05, 3.63) is 71.8 Å². The fraction of sp³-hybridized carbons (Fsp3) is 0.641. The lowest BCUT2D eigenvalue weighted by Crippen LogP contribution is -2.61. The first kappa shape index (κ1) is 95.4. The Morgan fingerprint density at radius 1 is 0.590 bits per heavy atom. The van der Waals surface area contributed by atoms with Crippen LogP contribution in [-0.2, 0) is 78.3 Å². The highest BCUT2D eigenvalue weighted by atomic mass is 16.3. The van der Waals surface area contributed by atoms with E-state index in [2.05, 4.69) is 52.8 Å². The predicted octanol–water partition coefficient (Wildman–Crippen LogP) is -5.75. The maximum Gasteiger partial charge on any atom is 0.247 e. The number of likely N-dealkylation sites (tertiary alicyclic amines) is 3. The summed E-state index contributed by atoms with van der Waals surface area (Å²) in [4.78, 5) is 221. The summed E-state index contributed by atoms with van der Waals surface area (Å²) in [7, 11) is 1.14. The molecule has 117 heavy (non-hydrogen) atoms. The van der Waals surface area contributed by atoms with Crippen LogP contribution in [0.1, 0.15) is 156 Å².